The highest BCUT2D eigenvalue weighted by atomic mass is 127. The fraction of sp³-hybridized carbons (Fsp3) is 0.619. The van der Waals surface area contributed by atoms with Crippen molar-refractivity contribution in [3.63, 3.8) is 0 Å². The zero-order valence-corrected chi connectivity index (χ0v) is 20.7. The first-order valence-corrected chi connectivity index (χ1v) is 9.95. The number of amides is 1. The van der Waals surface area contributed by atoms with Crippen LogP contribution in [-0.4, -0.2) is 51.8 Å². The standard InChI is InChI=1S/C21H36N4O3.HI/c1-6-17(3)25-20(26)10-11-23-21(22-4)24-15-18-9-8-16(2)14-19(18)28-13-7-12-27-5;/h8-9,14,17H,6-7,10-13,15H2,1-5H3,(H,25,26)(H2,22,23,24);1H. The summed E-state index contributed by atoms with van der Waals surface area (Å²) in [6, 6.07) is 6.36. The van der Waals surface area contributed by atoms with Gasteiger partial charge in [-0.05, 0) is 31.9 Å². The summed E-state index contributed by atoms with van der Waals surface area (Å²) in [5.74, 6) is 1.57. The highest BCUT2D eigenvalue weighted by Crippen LogP contribution is 2.20. The van der Waals surface area contributed by atoms with Gasteiger partial charge in [-0.3, -0.25) is 9.79 Å². The number of halogens is 1. The number of carbonyl (C=O) groups is 1. The van der Waals surface area contributed by atoms with Gasteiger partial charge in [0.15, 0.2) is 5.96 Å². The molecule has 8 heteroatoms. The smallest absolute Gasteiger partial charge is 0.221 e. The molecular formula is C21H37IN4O3. The third-order valence-corrected chi connectivity index (χ3v) is 4.31. The molecular weight excluding hydrogens is 483 g/mol. The Morgan fingerprint density at radius 2 is 2.00 bits per heavy atom. The van der Waals surface area contributed by atoms with Crippen LogP contribution in [0.15, 0.2) is 23.2 Å². The average molecular weight is 520 g/mol. The number of benzene rings is 1. The molecule has 0 bridgehead atoms. The Morgan fingerprint density at radius 1 is 1.24 bits per heavy atom. The Kier molecular flexibility index (Phi) is 15.4. The summed E-state index contributed by atoms with van der Waals surface area (Å²) in [4.78, 5) is 16.1. The van der Waals surface area contributed by atoms with Gasteiger partial charge in [0.25, 0.3) is 0 Å². The van der Waals surface area contributed by atoms with E-state index in [9.17, 15) is 4.79 Å². The van der Waals surface area contributed by atoms with Crippen LogP contribution in [0.5, 0.6) is 5.75 Å². The van der Waals surface area contributed by atoms with Crippen molar-refractivity contribution in [3.05, 3.63) is 29.3 Å². The monoisotopic (exact) mass is 520 g/mol. The summed E-state index contributed by atoms with van der Waals surface area (Å²) >= 11 is 0. The van der Waals surface area contributed by atoms with Crippen LogP contribution < -0.4 is 20.7 Å². The topological polar surface area (TPSA) is 84.0 Å². The lowest BCUT2D eigenvalue weighted by Crippen LogP contribution is -2.40. The lowest BCUT2D eigenvalue weighted by molar-refractivity contribution is -0.121. The van der Waals surface area contributed by atoms with Crippen molar-refractivity contribution in [3.8, 4) is 5.75 Å². The third kappa shape index (κ3) is 11.9. The molecule has 0 saturated heterocycles. The summed E-state index contributed by atoms with van der Waals surface area (Å²) in [5, 5.41) is 9.40. The number of hydrogen-bond donors (Lipinski definition) is 3. The van der Waals surface area contributed by atoms with Gasteiger partial charge >= 0.3 is 0 Å². The van der Waals surface area contributed by atoms with E-state index >= 15 is 0 Å². The number of aryl methyl sites for hydroxylation is 1. The predicted octanol–water partition coefficient (Wildman–Crippen LogP) is 3.00. The molecule has 0 aliphatic carbocycles. The Morgan fingerprint density at radius 3 is 2.66 bits per heavy atom. The minimum absolute atomic E-state index is 0. The van der Waals surface area contributed by atoms with Gasteiger partial charge in [-0.25, -0.2) is 0 Å². The van der Waals surface area contributed by atoms with Crippen molar-refractivity contribution in [1.29, 1.82) is 0 Å². The summed E-state index contributed by atoms with van der Waals surface area (Å²) in [6.07, 6.45) is 2.18. The number of carbonyl (C=O) groups excluding carboxylic acids is 1. The second-order valence-electron chi connectivity index (χ2n) is 6.79. The molecule has 1 aromatic rings. The summed E-state index contributed by atoms with van der Waals surface area (Å²) in [6.45, 7) is 8.50. The van der Waals surface area contributed by atoms with Crippen molar-refractivity contribution in [2.24, 2.45) is 4.99 Å². The number of nitrogens with one attached hydrogen (secondary N) is 3. The van der Waals surface area contributed by atoms with Crippen LogP contribution in [0.4, 0.5) is 0 Å². The van der Waals surface area contributed by atoms with E-state index in [0.717, 1.165) is 29.7 Å². The fourth-order valence-electron chi connectivity index (χ4n) is 2.47. The number of ether oxygens (including phenoxy) is 2. The molecule has 7 nitrogen and oxygen atoms in total. The molecule has 3 N–H and O–H groups in total. The zero-order chi connectivity index (χ0) is 20.8. The van der Waals surface area contributed by atoms with E-state index in [0.29, 0.717) is 38.7 Å². The molecule has 0 aliphatic heterocycles. The van der Waals surface area contributed by atoms with Crippen LogP contribution in [0.3, 0.4) is 0 Å². The SMILES string of the molecule is CCC(C)NC(=O)CCNC(=NC)NCc1ccc(C)cc1OCCCOC.I. The summed E-state index contributed by atoms with van der Waals surface area (Å²) < 4.78 is 11.0. The lowest BCUT2D eigenvalue weighted by Gasteiger charge is -2.16. The molecule has 0 radical (unpaired) electrons. The average Bonchev–Trinajstić information content (AvgIpc) is 2.68. The summed E-state index contributed by atoms with van der Waals surface area (Å²) in [7, 11) is 3.40. The number of rotatable bonds is 12. The molecule has 1 atom stereocenters. The second-order valence-corrected chi connectivity index (χ2v) is 6.79. The molecule has 1 unspecified atom stereocenters. The van der Waals surface area contributed by atoms with E-state index in [1.165, 1.54) is 0 Å². The largest absolute Gasteiger partial charge is 0.493 e. The van der Waals surface area contributed by atoms with Crippen LogP contribution in [0.2, 0.25) is 0 Å². The van der Waals surface area contributed by atoms with Gasteiger partial charge in [0.1, 0.15) is 5.75 Å². The van der Waals surface area contributed by atoms with Crippen molar-refractivity contribution in [2.45, 2.75) is 52.6 Å². The first kappa shape index (κ1) is 27.5. The Labute approximate surface area is 192 Å². The van der Waals surface area contributed by atoms with Gasteiger partial charge in [-0.1, -0.05) is 19.1 Å². The molecule has 1 rings (SSSR count). The molecule has 0 aliphatic rings. The molecule has 0 spiro atoms. The zero-order valence-electron chi connectivity index (χ0n) is 18.3. The minimum atomic E-state index is 0. The molecule has 0 aromatic heterocycles. The maximum atomic E-state index is 11.8. The molecule has 0 heterocycles. The van der Waals surface area contributed by atoms with Crippen molar-refractivity contribution in [2.75, 3.05) is 33.9 Å². The second kappa shape index (κ2) is 16.3. The minimum Gasteiger partial charge on any atom is -0.493 e. The first-order valence-electron chi connectivity index (χ1n) is 9.95. The van der Waals surface area contributed by atoms with E-state index in [-0.39, 0.29) is 35.9 Å². The lowest BCUT2D eigenvalue weighted by atomic mass is 10.1. The Balaban J connectivity index is 0.00000784. The number of methoxy groups -OCH3 is 1. The maximum Gasteiger partial charge on any atom is 0.221 e. The van der Waals surface area contributed by atoms with E-state index in [1.54, 1.807) is 14.2 Å². The number of guanidine groups is 1. The van der Waals surface area contributed by atoms with Gasteiger partial charge in [-0.15, -0.1) is 24.0 Å². The van der Waals surface area contributed by atoms with Crippen LogP contribution in [-0.2, 0) is 16.1 Å². The van der Waals surface area contributed by atoms with Gasteiger partial charge in [0.2, 0.25) is 5.91 Å². The van der Waals surface area contributed by atoms with Gasteiger partial charge in [0.05, 0.1) is 6.61 Å². The maximum absolute atomic E-state index is 11.8. The van der Waals surface area contributed by atoms with Crippen LogP contribution >= 0.6 is 24.0 Å². The normalized spacial score (nSPS) is 12.0. The molecule has 0 fully saturated rings. The number of hydrogen-bond acceptors (Lipinski definition) is 4. The first-order chi connectivity index (χ1) is 13.5. The molecule has 1 aromatic carbocycles. The quantitative estimate of drug-likeness (QED) is 0.171. The van der Waals surface area contributed by atoms with Crippen molar-refractivity contribution in [1.82, 2.24) is 16.0 Å². The van der Waals surface area contributed by atoms with E-state index in [1.807, 2.05) is 19.9 Å². The molecule has 0 saturated carbocycles. The third-order valence-electron chi connectivity index (χ3n) is 4.31. The summed E-state index contributed by atoms with van der Waals surface area (Å²) in [5.41, 5.74) is 2.21. The van der Waals surface area contributed by atoms with Crippen LogP contribution in [0.1, 0.15) is 44.2 Å². The highest BCUT2D eigenvalue weighted by molar-refractivity contribution is 14.0. The molecule has 1 amide bonds. The van der Waals surface area contributed by atoms with Crippen molar-refractivity contribution >= 4 is 35.8 Å². The van der Waals surface area contributed by atoms with Gasteiger partial charge in [0, 0.05) is 58.3 Å². The van der Waals surface area contributed by atoms with E-state index < -0.39 is 0 Å². The number of aliphatic imine (C=N–C) groups is 1. The van der Waals surface area contributed by atoms with Crippen molar-refractivity contribution < 1.29 is 14.3 Å². The van der Waals surface area contributed by atoms with E-state index in [4.69, 9.17) is 9.47 Å². The Hall–Kier alpha value is -1.55. The Bertz CT molecular complexity index is 626. The fourth-order valence-corrected chi connectivity index (χ4v) is 2.47. The predicted molar refractivity (Wildman–Crippen MR) is 129 cm³/mol. The molecule has 29 heavy (non-hydrogen) atoms. The van der Waals surface area contributed by atoms with Crippen LogP contribution in [0.25, 0.3) is 0 Å². The van der Waals surface area contributed by atoms with Gasteiger partial charge in [-0.2, -0.15) is 0 Å². The molecule has 166 valence electrons. The highest BCUT2D eigenvalue weighted by Gasteiger charge is 2.08. The van der Waals surface area contributed by atoms with Gasteiger partial charge < -0.3 is 25.4 Å². The van der Waals surface area contributed by atoms with E-state index in [2.05, 4.69) is 40.0 Å². The number of nitrogens with zero attached hydrogens (tertiary/aromatic N) is 1. The van der Waals surface area contributed by atoms with Crippen LogP contribution in [0, 0.1) is 6.92 Å².